The van der Waals surface area contributed by atoms with Crippen molar-refractivity contribution >= 4 is 12.1 Å². The van der Waals surface area contributed by atoms with E-state index < -0.39 is 24.5 Å². The zero-order valence-electron chi connectivity index (χ0n) is 11.1. The van der Waals surface area contributed by atoms with Gasteiger partial charge in [-0.1, -0.05) is 12.7 Å². The Hall–Kier alpha value is -1.86. The fourth-order valence-corrected chi connectivity index (χ4v) is 1.66. The Balaban J connectivity index is 1.63. The molecule has 2 aliphatic heterocycles. The first kappa shape index (κ1) is 14.5. The van der Waals surface area contributed by atoms with Crippen molar-refractivity contribution in [1.29, 1.82) is 0 Å². The van der Waals surface area contributed by atoms with E-state index in [-0.39, 0.29) is 24.9 Å². The number of carbonyl (C=O) groups excluding carboxylic acids is 2. The van der Waals surface area contributed by atoms with E-state index in [1.54, 1.807) is 12.2 Å². The molecular weight excluding hydrogens is 268 g/mol. The molecule has 2 aliphatic rings. The molecule has 0 spiro atoms. The molecule has 7 nitrogen and oxygen atoms in total. The van der Waals surface area contributed by atoms with Crippen molar-refractivity contribution in [2.45, 2.75) is 25.4 Å². The Morgan fingerprint density at radius 1 is 1.30 bits per heavy atom. The minimum absolute atomic E-state index is 0.0558. The lowest BCUT2D eigenvalue weighted by Crippen LogP contribution is -2.33. The van der Waals surface area contributed by atoms with Gasteiger partial charge < -0.3 is 23.7 Å². The number of fused-ring (bicyclic) bond motifs is 2. The highest BCUT2D eigenvalue weighted by Gasteiger charge is 2.36. The molecule has 2 bridgehead atoms. The third kappa shape index (κ3) is 3.82. The number of carbonyl (C=O) groups is 2. The fourth-order valence-electron chi connectivity index (χ4n) is 1.66. The van der Waals surface area contributed by atoms with Crippen molar-refractivity contribution in [2.24, 2.45) is 0 Å². The molecule has 1 fully saturated rings. The van der Waals surface area contributed by atoms with Gasteiger partial charge in [0.15, 0.2) is 12.4 Å². The maximum absolute atomic E-state index is 11.4. The highest BCUT2D eigenvalue weighted by Crippen LogP contribution is 2.23. The Morgan fingerprint density at radius 3 is 2.80 bits per heavy atom. The Kier molecular flexibility index (Phi) is 4.75. The van der Waals surface area contributed by atoms with E-state index in [1.165, 1.54) is 6.92 Å². The molecule has 20 heavy (non-hydrogen) atoms. The first-order chi connectivity index (χ1) is 9.56. The van der Waals surface area contributed by atoms with E-state index in [9.17, 15) is 9.59 Å². The standard InChI is InChI=1S/C13H16O7/c1-8(2)11(14)16-5-6-17-13(15)20-10-4-3-9-7-18-12(10)19-9/h3-4,9-10,12H,1,5-7H2,2H3. The number of hydrogen-bond acceptors (Lipinski definition) is 7. The molecule has 0 aliphatic carbocycles. The van der Waals surface area contributed by atoms with Gasteiger partial charge in [-0.05, 0) is 13.0 Å². The molecule has 0 radical (unpaired) electrons. The van der Waals surface area contributed by atoms with E-state index in [2.05, 4.69) is 6.58 Å². The van der Waals surface area contributed by atoms with Crippen molar-refractivity contribution in [3.63, 3.8) is 0 Å². The van der Waals surface area contributed by atoms with Gasteiger partial charge in [-0.25, -0.2) is 9.59 Å². The molecule has 2 rings (SSSR count). The molecule has 7 heteroatoms. The maximum Gasteiger partial charge on any atom is 0.509 e. The predicted molar refractivity (Wildman–Crippen MR) is 65.7 cm³/mol. The van der Waals surface area contributed by atoms with Crippen LogP contribution in [0.2, 0.25) is 0 Å². The van der Waals surface area contributed by atoms with E-state index in [4.69, 9.17) is 23.7 Å². The van der Waals surface area contributed by atoms with Gasteiger partial charge in [0.05, 0.1) is 6.61 Å². The first-order valence-corrected chi connectivity index (χ1v) is 6.17. The second kappa shape index (κ2) is 6.53. The van der Waals surface area contributed by atoms with Crippen LogP contribution in [0.15, 0.2) is 24.3 Å². The third-order valence-electron chi connectivity index (χ3n) is 2.63. The largest absolute Gasteiger partial charge is 0.509 e. The van der Waals surface area contributed by atoms with E-state index in [0.29, 0.717) is 6.61 Å². The minimum Gasteiger partial charge on any atom is -0.459 e. The van der Waals surface area contributed by atoms with Gasteiger partial charge in [-0.2, -0.15) is 0 Å². The Bertz CT molecular complexity index is 428. The summed E-state index contributed by atoms with van der Waals surface area (Å²) in [6.07, 6.45) is 1.32. The molecule has 3 atom stereocenters. The monoisotopic (exact) mass is 284 g/mol. The highest BCUT2D eigenvalue weighted by molar-refractivity contribution is 5.86. The van der Waals surface area contributed by atoms with Crippen LogP contribution in [0.25, 0.3) is 0 Å². The summed E-state index contributed by atoms with van der Waals surface area (Å²) in [5.41, 5.74) is 0.282. The molecule has 110 valence electrons. The summed E-state index contributed by atoms with van der Waals surface area (Å²) in [5.74, 6) is -0.532. The number of rotatable bonds is 5. The van der Waals surface area contributed by atoms with Crippen molar-refractivity contribution in [3.8, 4) is 0 Å². The molecule has 0 N–H and O–H groups in total. The zero-order chi connectivity index (χ0) is 14.5. The summed E-state index contributed by atoms with van der Waals surface area (Å²) in [7, 11) is 0. The summed E-state index contributed by atoms with van der Waals surface area (Å²) in [5, 5.41) is 0. The van der Waals surface area contributed by atoms with Gasteiger partial charge in [-0.15, -0.1) is 0 Å². The topological polar surface area (TPSA) is 80.3 Å². The lowest BCUT2D eigenvalue weighted by molar-refractivity contribution is -0.141. The van der Waals surface area contributed by atoms with Gasteiger partial charge in [0.1, 0.15) is 19.3 Å². The zero-order valence-corrected chi connectivity index (χ0v) is 11.1. The van der Waals surface area contributed by atoms with Crippen LogP contribution in [-0.4, -0.2) is 50.4 Å². The molecule has 0 amide bonds. The number of hydrogen-bond donors (Lipinski definition) is 0. The van der Waals surface area contributed by atoms with Gasteiger partial charge in [0, 0.05) is 5.57 Å². The molecule has 0 aromatic heterocycles. The van der Waals surface area contributed by atoms with Crippen molar-refractivity contribution in [3.05, 3.63) is 24.3 Å². The number of esters is 1. The average Bonchev–Trinajstić information content (AvgIpc) is 2.80. The second-order valence-electron chi connectivity index (χ2n) is 4.36. The van der Waals surface area contributed by atoms with Gasteiger partial charge in [0.25, 0.3) is 0 Å². The normalized spacial score (nSPS) is 26.9. The lowest BCUT2D eigenvalue weighted by atomic mass is 10.2. The molecular formula is C13H16O7. The van der Waals surface area contributed by atoms with Crippen molar-refractivity contribution in [2.75, 3.05) is 19.8 Å². The van der Waals surface area contributed by atoms with Crippen LogP contribution in [0.3, 0.4) is 0 Å². The smallest absolute Gasteiger partial charge is 0.459 e. The Labute approximate surface area is 116 Å². The molecule has 0 aromatic rings. The minimum atomic E-state index is -0.872. The van der Waals surface area contributed by atoms with E-state index in [1.807, 2.05) is 0 Å². The predicted octanol–water partition coefficient (Wildman–Crippen LogP) is 0.939. The van der Waals surface area contributed by atoms with Crippen molar-refractivity contribution in [1.82, 2.24) is 0 Å². The van der Waals surface area contributed by atoms with Crippen LogP contribution in [0.1, 0.15) is 6.92 Å². The molecule has 3 unspecified atom stereocenters. The van der Waals surface area contributed by atoms with Crippen LogP contribution >= 0.6 is 0 Å². The van der Waals surface area contributed by atoms with Crippen LogP contribution in [0.5, 0.6) is 0 Å². The lowest BCUT2D eigenvalue weighted by Gasteiger charge is -2.22. The summed E-state index contributed by atoms with van der Waals surface area (Å²) < 4.78 is 25.2. The molecule has 0 saturated carbocycles. The van der Waals surface area contributed by atoms with E-state index >= 15 is 0 Å². The molecule has 0 aromatic carbocycles. The third-order valence-corrected chi connectivity index (χ3v) is 2.63. The van der Waals surface area contributed by atoms with Crippen LogP contribution < -0.4 is 0 Å². The van der Waals surface area contributed by atoms with Crippen LogP contribution in [-0.2, 0) is 28.5 Å². The summed E-state index contributed by atoms with van der Waals surface area (Å²) in [6.45, 7) is 5.26. The second-order valence-corrected chi connectivity index (χ2v) is 4.36. The quantitative estimate of drug-likeness (QED) is 0.321. The highest BCUT2D eigenvalue weighted by atomic mass is 16.8. The molecule has 1 saturated heterocycles. The van der Waals surface area contributed by atoms with Crippen molar-refractivity contribution < 1.29 is 33.3 Å². The number of ether oxygens (including phenoxy) is 5. The molecule has 2 heterocycles. The summed E-state index contributed by atoms with van der Waals surface area (Å²) in [6, 6.07) is 0. The Morgan fingerprint density at radius 2 is 2.05 bits per heavy atom. The summed E-state index contributed by atoms with van der Waals surface area (Å²) in [4.78, 5) is 22.5. The first-order valence-electron chi connectivity index (χ1n) is 6.17. The van der Waals surface area contributed by atoms with Gasteiger partial charge in [-0.3, -0.25) is 0 Å². The SMILES string of the molecule is C=C(C)C(=O)OCCOC(=O)OC1C=CC2COC1O2. The fraction of sp³-hybridized carbons (Fsp3) is 0.538. The van der Waals surface area contributed by atoms with Crippen LogP contribution in [0, 0.1) is 0 Å². The van der Waals surface area contributed by atoms with Crippen LogP contribution in [0.4, 0.5) is 4.79 Å². The average molecular weight is 284 g/mol. The van der Waals surface area contributed by atoms with Gasteiger partial charge in [0.2, 0.25) is 0 Å². The van der Waals surface area contributed by atoms with Gasteiger partial charge >= 0.3 is 12.1 Å². The summed E-state index contributed by atoms with van der Waals surface area (Å²) >= 11 is 0. The van der Waals surface area contributed by atoms with E-state index in [0.717, 1.165) is 0 Å². The maximum atomic E-state index is 11.4.